The molecule has 2 heterocycles. The molecule has 1 amide bonds. The van der Waals surface area contributed by atoms with Gasteiger partial charge in [0.2, 0.25) is 0 Å². The van der Waals surface area contributed by atoms with E-state index in [0.29, 0.717) is 17.8 Å². The average molecular weight is 429 g/mol. The van der Waals surface area contributed by atoms with E-state index < -0.39 is 0 Å². The molecule has 156 valence electrons. The fourth-order valence-corrected chi connectivity index (χ4v) is 3.24. The average Bonchev–Trinajstić information content (AvgIpc) is 3.03. The third kappa shape index (κ3) is 5.37. The van der Waals surface area contributed by atoms with Crippen LogP contribution in [0.5, 0.6) is 0 Å². The van der Waals surface area contributed by atoms with Gasteiger partial charge in [-0.25, -0.2) is 4.68 Å². The van der Waals surface area contributed by atoms with Crippen molar-refractivity contribution in [3.63, 3.8) is 0 Å². The van der Waals surface area contributed by atoms with Crippen LogP contribution in [-0.4, -0.2) is 47.1 Å². The number of benzene rings is 1. The topological polar surface area (TPSA) is 75.1 Å². The fourth-order valence-electron chi connectivity index (χ4n) is 3.24. The van der Waals surface area contributed by atoms with Crippen molar-refractivity contribution in [1.82, 2.24) is 20.3 Å². The third-order valence-electron chi connectivity index (χ3n) is 5.08. The lowest BCUT2D eigenvalue weighted by atomic mass is 10.1. The highest BCUT2D eigenvalue weighted by Gasteiger charge is 2.23. The van der Waals surface area contributed by atoms with E-state index in [1.807, 2.05) is 42.9 Å². The summed E-state index contributed by atoms with van der Waals surface area (Å²) in [5, 5.41) is 14.7. The van der Waals surface area contributed by atoms with Gasteiger partial charge in [0, 0.05) is 24.5 Å². The number of halogens is 2. The molecule has 1 aromatic heterocycles. The van der Waals surface area contributed by atoms with E-state index in [4.69, 9.17) is 0 Å². The van der Waals surface area contributed by atoms with Gasteiger partial charge in [0.05, 0.1) is 11.7 Å². The van der Waals surface area contributed by atoms with E-state index >= 15 is 0 Å². The van der Waals surface area contributed by atoms with Crippen molar-refractivity contribution in [3.8, 4) is 0 Å². The molecule has 0 radical (unpaired) electrons. The highest BCUT2D eigenvalue weighted by atomic mass is 35.5. The molecule has 0 unspecified atom stereocenters. The van der Waals surface area contributed by atoms with Gasteiger partial charge in [0.15, 0.2) is 5.69 Å². The molecule has 1 aliphatic heterocycles. The summed E-state index contributed by atoms with van der Waals surface area (Å²) in [4.78, 5) is 14.9. The molecule has 3 rings (SSSR count). The summed E-state index contributed by atoms with van der Waals surface area (Å²) < 4.78 is 1.90. The fraction of sp³-hybridized carbons (Fsp3) is 0.526. The Morgan fingerprint density at radius 1 is 1.29 bits per heavy atom. The van der Waals surface area contributed by atoms with E-state index in [2.05, 4.69) is 39.7 Å². The van der Waals surface area contributed by atoms with E-state index in [-0.39, 0.29) is 30.7 Å². The number of carbonyl (C=O) groups excluding carboxylic acids is 1. The van der Waals surface area contributed by atoms with Gasteiger partial charge in [0.25, 0.3) is 5.91 Å². The van der Waals surface area contributed by atoms with Gasteiger partial charge in [-0.2, -0.15) is 0 Å². The summed E-state index contributed by atoms with van der Waals surface area (Å²) in [6.45, 7) is 8.13. The lowest BCUT2D eigenvalue weighted by molar-refractivity contribution is 0.102. The predicted octanol–water partition coefficient (Wildman–Crippen LogP) is 3.45. The summed E-state index contributed by atoms with van der Waals surface area (Å²) in [7, 11) is 2.04. The summed E-state index contributed by atoms with van der Waals surface area (Å²) in [6.07, 6.45) is 2.02. The van der Waals surface area contributed by atoms with Gasteiger partial charge in [0.1, 0.15) is 0 Å². The third-order valence-corrected chi connectivity index (χ3v) is 5.08. The van der Waals surface area contributed by atoms with Gasteiger partial charge in [-0.05, 0) is 64.9 Å². The zero-order valence-electron chi connectivity index (χ0n) is 16.8. The maximum absolute atomic E-state index is 12.7. The minimum absolute atomic E-state index is 0. The Morgan fingerprint density at radius 3 is 2.61 bits per heavy atom. The van der Waals surface area contributed by atoms with Crippen LogP contribution < -0.4 is 15.5 Å². The number of hydrogen-bond donors (Lipinski definition) is 2. The Morgan fingerprint density at radius 2 is 1.96 bits per heavy atom. The van der Waals surface area contributed by atoms with Crippen LogP contribution in [0.1, 0.15) is 48.9 Å². The van der Waals surface area contributed by atoms with Crippen molar-refractivity contribution >= 4 is 42.1 Å². The maximum atomic E-state index is 12.7. The lowest BCUT2D eigenvalue weighted by Crippen LogP contribution is -2.30. The smallest absolute Gasteiger partial charge is 0.278 e. The summed E-state index contributed by atoms with van der Waals surface area (Å²) in [5.74, 6) is -0.216. The maximum Gasteiger partial charge on any atom is 0.278 e. The second-order valence-electron chi connectivity index (χ2n) is 7.16. The van der Waals surface area contributed by atoms with Crippen LogP contribution in [0.4, 0.5) is 11.4 Å². The molecule has 0 aliphatic carbocycles. The summed E-state index contributed by atoms with van der Waals surface area (Å²) in [5.41, 5.74) is 3.04. The first-order valence-corrected chi connectivity index (χ1v) is 9.24. The van der Waals surface area contributed by atoms with Crippen molar-refractivity contribution in [2.75, 3.05) is 30.4 Å². The van der Waals surface area contributed by atoms with Crippen LogP contribution in [0.3, 0.4) is 0 Å². The molecule has 0 saturated carbocycles. The van der Waals surface area contributed by atoms with Gasteiger partial charge < -0.3 is 15.5 Å². The second-order valence-corrected chi connectivity index (χ2v) is 7.16. The van der Waals surface area contributed by atoms with Crippen molar-refractivity contribution in [1.29, 1.82) is 0 Å². The van der Waals surface area contributed by atoms with Gasteiger partial charge in [-0.1, -0.05) is 11.3 Å². The highest BCUT2D eigenvalue weighted by molar-refractivity contribution is 6.03. The SMILES string of the molecule is Cc1c(C(=O)Nc2cccc(N(C)C(C)C)c2)nnn1C1CCNCC1.Cl.Cl. The molecule has 2 aromatic rings. The molecule has 2 N–H and O–H groups in total. The number of amides is 1. The molecular weight excluding hydrogens is 399 g/mol. The Bertz CT molecular complexity index is 774. The minimum Gasteiger partial charge on any atom is -0.372 e. The Kier molecular flexibility index (Phi) is 9.20. The largest absolute Gasteiger partial charge is 0.372 e. The number of carbonyl (C=O) groups is 1. The van der Waals surface area contributed by atoms with Crippen LogP contribution in [0.15, 0.2) is 24.3 Å². The zero-order valence-corrected chi connectivity index (χ0v) is 18.4. The van der Waals surface area contributed by atoms with E-state index in [9.17, 15) is 4.79 Å². The number of hydrogen-bond acceptors (Lipinski definition) is 5. The van der Waals surface area contributed by atoms with E-state index in [0.717, 1.165) is 43.0 Å². The molecule has 0 bridgehead atoms. The van der Waals surface area contributed by atoms with Gasteiger partial charge in [-0.15, -0.1) is 29.9 Å². The van der Waals surface area contributed by atoms with Crippen LogP contribution in [0.25, 0.3) is 0 Å². The van der Waals surface area contributed by atoms with Crippen LogP contribution in [0.2, 0.25) is 0 Å². The van der Waals surface area contributed by atoms with Gasteiger partial charge >= 0.3 is 0 Å². The minimum atomic E-state index is -0.216. The Hall–Kier alpha value is -1.83. The monoisotopic (exact) mass is 428 g/mol. The first-order valence-electron chi connectivity index (χ1n) is 9.24. The first-order chi connectivity index (χ1) is 12.5. The number of rotatable bonds is 5. The Balaban J connectivity index is 0.00000196. The molecule has 0 atom stereocenters. The summed E-state index contributed by atoms with van der Waals surface area (Å²) >= 11 is 0. The number of anilines is 2. The predicted molar refractivity (Wildman–Crippen MR) is 118 cm³/mol. The normalized spacial score (nSPS) is 14.2. The summed E-state index contributed by atoms with van der Waals surface area (Å²) in [6, 6.07) is 8.55. The molecule has 1 fully saturated rings. The lowest BCUT2D eigenvalue weighted by Gasteiger charge is -2.24. The molecule has 0 spiro atoms. The number of nitrogens with zero attached hydrogens (tertiary/aromatic N) is 4. The molecule has 1 saturated heterocycles. The van der Waals surface area contributed by atoms with Crippen LogP contribution >= 0.6 is 24.8 Å². The quantitative estimate of drug-likeness (QED) is 0.762. The van der Waals surface area contributed by atoms with Crippen LogP contribution in [-0.2, 0) is 0 Å². The molecule has 1 aliphatic rings. The zero-order chi connectivity index (χ0) is 18.7. The standard InChI is InChI=1S/C19H28N6O.2ClH/c1-13(2)24(4)17-7-5-6-15(12-17)21-19(26)18-14(3)25(23-22-18)16-8-10-20-11-9-16;;/h5-7,12-13,16,20H,8-11H2,1-4H3,(H,21,26);2*1H. The van der Waals surface area contributed by atoms with Gasteiger partial charge in [-0.3, -0.25) is 4.79 Å². The van der Waals surface area contributed by atoms with E-state index in [1.54, 1.807) is 0 Å². The number of nitrogens with one attached hydrogen (secondary N) is 2. The second kappa shape index (κ2) is 10.6. The van der Waals surface area contributed by atoms with Crippen molar-refractivity contribution in [3.05, 3.63) is 35.7 Å². The molecule has 28 heavy (non-hydrogen) atoms. The van der Waals surface area contributed by atoms with E-state index in [1.165, 1.54) is 0 Å². The highest BCUT2D eigenvalue weighted by Crippen LogP contribution is 2.23. The number of aromatic nitrogens is 3. The number of piperidine rings is 1. The molecule has 9 heteroatoms. The molecule has 1 aromatic carbocycles. The van der Waals surface area contributed by atoms with Crippen molar-refractivity contribution < 1.29 is 4.79 Å². The van der Waals surface area contributed by atoms with Crippen LogP contribution in [0, 0.1) is 6.92 Å². The first kappa shape index (κ1) is 24.2. The van der Waals surface area contributed by atoms with Crippen molar-refractivity contribution in [2.24, 2.45) is 0 Å². The Labute approximate surface area is 179 Å². The molecular formula is C19H30Cl2N6O. The molecule has 7 nitrogen and oxygen atoms in total. The van der Waals surface area contributed by atoms with Crippen molar-refractivity contribution in [2.45, 2.75) is 45.7 Å².